The van der Waals surface area contributed by atoms with Crippen molar-refractivity contribution in [2.45, 2.75) is 45.1 Å². The highest BCUT2D eigenvalue weighted by molar-refractivity contribution is 7.25. The SMILES string of the molecule is C=C/C(N)=C\C(C#Cc1cc2c(=O)n(C3CCCCC3)c(=O)c3ccc4c5ccccc5sc1c4c32)=C/C. The van der Waals surface area contributed by atoms with E-state index in [4.69, 9.17) is 5.73 Å². The fourth-order valence-electron chi connectivity index (χ4n) is 5.79. The largest absolute Gasteiger partial charge is 0.399 e. The molecule has 0 radical (unpaired) electrons. The molecule has 0 amide bonds. The van der Waals surface area contributed by atoms with Crippen LogP contribution in [0.5, 0.6) is 0 Å². The lowest BCUT2D eigenvalue weighted by molar-refractivity contribution is 0.342. The summed E-state index contributed by atoms with van der Waals surface area (Å²) in [5, 5.41) is 5.03. The second-order valence-electron chi connectivity index (χ2n) is 9.92. The van der Waals surface area contributed by atoms with E-state index in [2.05, 4.69) is 30.6 Å². The Hall–Kier alpha value is -4.14. The van der Waals surface area contributed by atoms with Gasteiger partial charge in [-0.15, -0.1) is 11.3 Å². The second-order valence-corrected chi connectivity index (χ2v) is 11.0. The molecule has 5 heteroatoms. The molecular formula is C33H28N2O2S. The van der Waals surface area contributed by atoms with E-state index in [1.165, 1.54) is 4.57 Å². The predicted molar refractivity (Wildman–Crippen MR) is 161 cm³/mol. The molecule has 5 aromatic rings. The van der Waals surface area contributed by atoms with Crippen LogP contribution in [0.2, 0.25) is 0 Å². The van der Waals surface area contributed by atoms with Crippen LogP contribution in [0.1, 0.15) is 50.6 Å². The van der Waals surface area contributed by atoms with Crippen LogP contribution in [-0.2, 0) is 0 Å². The summed E-state index contributed by atoms with van der Waals surface area (Å²) in [4.78, 5) is 27.8. The number of nitrogens with two attached hydrogens (primary N) is 1. The highest BCUT2D eigenvalue weighted by Crippen LogP contribution is 2.41. The Balaban J connectivity index is 1.75. The maximum Gasteiger partial charge on any atom is 0.261 e. The molecule has 0 saturated heterocycles. The number of pyridine rings is 1. The molecule has 6 rings (SSSR count). The Morgan fingerprint density at radius 2 is 1.74 bits per heavy atom. The molecule has 2 heterocycles. The topological polar surface area (TPSA) is 65.1 Å². The molecule has 4 nitrogen and oxygen atoms in total. The summed E-state index contributed by atoms with van der Waals surface area (Å²) in [5.74, 6) is 6.59. The number of hydrogen-bond donors (Lipinski definition) is 1. The van der Waals surface area contributed by atoms with Crippen LogP contribution < -0.4 is 16.9 Å². The first-order valence-corrected chi connectivity index (χ1v) is 13.9. The number of aromatic nitrogens is 1. The van der Waals surface area contributed by atoms with E-state index in [1.54, 1.807) is 23.5 Å². The normalized spacial score (nSPS) is 15.4. The predicted octanol–water partition coefficient (Wildman–Crippen LogP) is 7.15. The van der Waals surface area contributed by atoms with E-state index in [-0.39, 0.29) is 17.2 Å². The quantitative estimate of drug-likeness (QED) is 0.120. The molecule has 0 atom stereocenters. The summed E-state index contributed by atoms with van der Waals surface area (Å²) in [6, 6.07) is 14.1. The van der Waals surface area contributed by atoms with Crippen molar-refractivity contribution in [1.29, 1.82) is 0 Å². The first-order chi connectivity index (χ1) is 18.5. The van der Waals surface area contributed by atoms with Gasteiger partial charge in [-0.1, -0.05) is 68.0 Å². The van der Waals surface area contributed by atoms with Gasteiger partial charge in [0.05, 0.1) is 10.1 Å². The zero-order valence-electron chi connectivity index (χ0n) is 21.3. The summed E-state index contributed by atoms with van der Waals surface area (Å²) >= 11 is 1.65. The number of hydrogen-bond acceptors (Lipinski definition) is 4. The van der Waals surface area contributed by atoms with Crippen LogP contribution in [0.3, 0.4) is 0 Å². The lowest BCUT2D eigenvalue weighted by Crippen LogP contribution is -2.37. The van der Waals surface area contributed by atoms with Gasteiger partial charge >= 0.3 is 0 Å². The molecule has 0 aliphatic heterocycles. The molecule has 1 aliphatic rings. The van der Waals surface area contributed by atoms with Gasteiger partial charge in [0, 0.05) is 43.7 Å². The van der Waals surface area contributed by atoms with Gasteiger partial charge in [-0.2, -0.15) is 0 Å². The third kappa shape index (κ3) is 3.84. The molecule has 1 fully saturated rings. The van der Waals surface area contributed by atoms with Crippen molar-refractivity contribution >= 4 is 53.1 Å². The highest BCUT2D eigenvalue weighted by atomic mass is 32.1. The molecule has 0 bridgehead atoms. The Labute approximate surface area is 224 Å². The molecule has 188 valence electrons. The van der Waals surface area contributed by atoms with Gasteiger partial charge in [-0.25, -0.2) is 0 Å². The summed E-state index contributed by atoms with van der Waals surface area (Å²) in [7, 11) is 0. The fourth-order valence-corrected chi connectivity index (χ4v) is 6.97. The average molecular weight is 517 g/mol. The molecule has 38 heavy (non-hydrogen) atoms. The van der Waals surface area contributed by atoms with Crippen LogP contribution in [0.4, 0.5) is 0 Å². The zero-order valence-corrected chi connectivity index (χ0v) is 22.2. The van der Waals surface area contributed by atoms with Crippen molar-refractivity contribution in [3.63, 3.8) is 0 Å². The van der Waals surface area contributed by atoms with Crippen molar-refractivity contribution in [1.82, 2.24) is 4.57 Å². The van der Waals surface area contributed by atoms with Gasteiger partial charge in [-0.3, -0.25) is 14.2 Å². The van der Waals surface area contributed by atoms with Gasteiger partial charge < -0.3 is 5.73 Å². The molecule has 2 aromatic heterocycles. The first-order valence-electron chi connectivity index (χ1n) is 13.1. The van der Waals surface area contributed by atoms with Crippen molar-refractivity contribution < 1.29 is 0 Å². The minimum Gasteiger partial charge on any atom is -0.399 e. The van der Waals surface area contributed by atoms with Gasteiger partial charge in [0.15, 0.2) is 0 Å². The fraction of sp³-hybridized carbons (Fsp3) is 0.212. The summed E-state index contributed by atoms with van der Waals surface area (Å²) in [6.45, 7) is 5.64. The molecule has 3 aromatic carbocycles. The van der Waals surface area contributed by atoms with Crippen LogP contribution in [0, 0.1) is 11.8 Å². The Kier molecular flexibility index (Phi) is 6.13. The lowest BCUT2D eigenvalue weighted by atomic mass is 9.93. The number of allylic oxidation sites excluding steroid dienone is 4. The number of nitrogens with zero attached hydrogens (tertiary/aromatic N) is 1. The maximum absolute atomic E-state index is 14.0. The van der Waals surface area contributed by atoms with E-state index < -0.39 is 0 Å². The standard InChI is InChI=1S/C33H28N2O2S/c1-3-20(18-22(34)4-2)14-15-21-19-27-29-26(32(36)35(33(27)37)23-10-6-5-7-11-23)17-16-25-24-12-8-9-13-28(24)38-31(21)30(25)29/h3-4,8-9,12-13,16-19,23H,2,5-7,10-11,34H2,1H3/b20-3-,22-18+. The maximum atomic E-state index is 14.0. The zero-order chi connectivity index (χ0) is 26.4. The molecule has 1 saturated carbocycles. The smallest absolute Gasteiger partial charge is 0.261 e. The minimum absolute atomic E-state index is 0.0505. The summed E-state index contributed by atoms with van der Waals surface area (Å²) in [5.41, 5.74) is 7.68. The summed E-state index contributed by atoms with van der Waals surface area (Å²) < 4.78 is 3.64. The van der Waals surface area contributed by atoms with Crippen LogP contribution in [-0.4, -0.2) is 4.57 Å². The summed E-state index contributed by atoms with van der Waals surface area (Å²) in [6.07, 6.45) is 10.2. The first kappa shape index (κ1) is 24.2. The Morgan fingerprint density at radius 1 is 1.00 bits per heavy atom. The number of benzene rings is 3. The molecule has 1 aliphatic carbocycles. The van der Waals surface area contributed by atoms with Crippen LogP contribution in [0.25, 0.3) is 41.7 Å². The second kappa shape index (κ2) is 9.63. The molecular weight excluding hydrogens is 488 g/mol. The minimum atomic E-state index is -0.202. The molecule has 0 unspecified atom stereocenters. The number of rotatable bonds is 3. The van der Waals surface area contributed by atoms with E-state index >= 15 is 0 Å². The van der Waals surface area contributed by atoms with E-state index in [1.807, 2.05) is 43.3 Å². The third-order valence-electron chi connectivity index (χ3n) is 7.67. The Morgan fingerprint density at radius 3 is 2.50 bits per heavy atom. The van der Waals surface area contributed by atoms with Crippen LogP contribution >= 0.6 is 11.3 Å². The molecule has 2 N–H and O–H groups in total. The van der Waals surface area contributed by atoms with E-state index in [9.17, 15) is 9.59 Å². The van der Waals surface area contributed by atoms with Crippen LogP contribution in [0.15, 0.2) is 88.1 Å². The van der Waals surface area contributed by atoms with E-state index in [0.717, 1.165) is 74.2 Å². The van der Waals surface area contributed by atoms with Gasteiger partial charge in [0.2, 0.25) is 0 Å². The van der Waals surface area contributed by atoms with Crippen molar-refractivity contribution in [3.8, 4) is 11.8 Å². The van der Waals surface area contributed by atoms with Crippen molar-refractivity contribution in [2.75, 3.05) is 0 Å². The van der Waals surface area contributed by atoms with Gasteiger partial charge in [-0.05, 0) is 60.9 Å². The highest BCUT2D eigenvalue weighted by Gasteiger charge is 2.24. The van der Waals surface area contributed by atoms with Crippen molar-refractivity contribution in [2.24, 2.45) is 5.73 Å². The average Bonchev–Trinajstić information content (AvgIpc) is 2.95. The third-order valence-corrected chi connectivity index (χ3v) is 8.88. The lowest BCUT2D eigenvalue weighted by Gasteiger charge is -2.24. The van der Waals surface area contributed by atoms with Gasteiger partial charge in [0.25, 0.3) is 11.1 Å². The van der Waals surface area contributed by atoms with E-state index in [0.29, 0.717) is 16.5 Å². The monoisotopic (exact) mass is 516 g/mol. The van der Waals surface area contributed by atoms with Crippen molar-refractivity contribution in [3.05, 3.63) is 105 Å². The Bertz CT molecular complexity index is 1990. The molecule has 0 spiro atoms. The van der Waals surface area contributed by atoms with Gasteiger partial charge in [0.1, 0.15) is 0 Å². The number of fused-ring (bicyclic) bond motifs is 2.